The minimum Gasteiger partial charge on any atom is -0.369 e. The summed E-state index contributed by atoms with van der Waals surface area (Å²) in [6.45, 7) is 4.46. The van der Waals surface area contributed by atoms with Crippen molar-refractivity contribution in [2.24, 2.45) is 0 Å². The summed E-state index contributed by atoms with van der Waals surface area (Å²) in [5.74, 6) is 0.282. The van der Waals surface area contributed by atoms with Crippen molar-refractivity contribution in [3.63, 3.8) is 0 Å². The van der Waals surface area contributed by atoms with Crippen LogP contribution in [0.3, 0.4) is 0 Å². The topological polar surface area (TPSA) is 151 Å². The van der Waals surface area contributed by atoms with Gasteiger partial charge in [0.1, 0.15) is 6.35 Å². The molecule has 0 saturated heterocycles. The number of rotatable bonds is 13. The largest absolute Gasteiger partial charge is 0.369 e. The fourth-order valence-corrected chi connectivity index (χ4v) is 5.60. The number of nitrogen functional groups attached to an aromatic ring is 1. The van der Waals surface area contributed by atoms with E-state index in [9.17, 15) is 14.2 Å². The Labute approximate surface area is 229 Å². The van der Waals surface area contributed by atoms with Gasteiger partial charge in [0.2, 0.25) is 11.1 Å². The molecular formula is C26H30N5O6PS. The smallest absolute Gasteiger partial charge is 0.356 e. The van der Waals surface area contributed by atoms with Crippen LogP contribution in [-0.4, -0.2) is 49.9 Å². The van der Waals surface area contributed by atoms with Crippen molar-refractivity contribution in [1.29, 1.82) is 0 Å². The van der Waals surface area contributed by atoms with Crippen molar-refractivity contribution in [1.82, 2.24) is 19.5 Å². The van der Waals surface area contributed by atoms with Crippen LogP contribution in [0.25, 0.3) is 11.2 Å². The van der Waals surface area contributed by atoms with E-state index < -0.39 is 13.2 Å². The summed E-state index contributed by atoms with van der Waals surface area (Å²) < 4.78 is 32.2. The molecule has 2 aromatic heterocycles. The minimum absolute atomic E-state index is 0.0173. The van der Waals surface area contributed by atoms with Gasteiger partial charge in [0, 0.05) is 17.9 Å². The number of hydrogen-bond donors (Lipinski definition) is 2. The average molecular weight is 572 g/mol. The highest BCUT2D eigenvalue weighted by atomic mass is 32.2. The number of nitrogens with one attached hydrogen (secondary N) is 1. The van der Waals surface area contributed by atoms with Gasteiger partial charge in [0.15, 0.2) is 11.2 Å². The van der Waals surface area contributed by atoms with Crippen LogP contribution in [0.4, 0.5) is 5.95 Å². The average Bonchev–Trinajstić information content (AvgIpc) is 3.32. The van der Waals surface area contributed by atoms with Gasteiger partial charge in [0.05, 0.1) is 26.1 Å². The maximum atomic E-state index is 13.5. The van der Waals surface area contributed by atoms with Crippen LogP contribution in [0.15, 0.2) is 59.7 Å². The second kappa shape index (κ2) is 13.2. The molecule has 0 spiro atoms. The number of imidazole rings is 1. The van der Waals surface area contributed by atoms with Crippen LogP contribution in [0, 0.1) is 13.8 Å². The molecule has 0 aliphatic rings. The number of ether oxygens (including phenoxy) is 1. The van der Waals surface area contributed by atoms with Crippen molar-refractivity contribution in [3.05, 3.63) is 87.5 Å². The van der Waals surface area contributed by atoms with E-state index >= 15 is 0 Å². The van der Waals surface area contributed by atoms with Gasteiger partial charge in [0.25, 0.3) is 5.56 Å². The van der Waals surface area contributed by atoms with Crippen molar-refractivity contribution in [2.75, 3.05) is 31.0 Å². The molecule has 0 amide bonds. The Bertz CT molecular complexity index is 1520. The number of nitrogens with zero attached hydrogens (tertiary/aromatic N) is 3. The third-order valence-corrected chi connectivity index (χ3v) is 8.13. The molecule has 13 heteroatoms. The maximum absolute atomic E-state index is 13.5. The van der Waals surface area contributed by atoms with Crippen LogP contribution in [-0.2, 0) is 31.5 Å². The number of H-pyrrole nitrogens is 1. The van der Waals surface area contributed by atoms with E-state index in [1.165, 1.54) is 6.33 Å². The lowest BCUT2D eigenvalue weighted by molar-refractivity contribution is 0.108. The Kier molecular flexibility index (Phi) is 9.71. The van der Waals surface area contributed by atoms with Crippen LogP contribution in [0.5, 0.6) is 0 Å². The second-order valence-electron chi connectivity index (χ2n) is 8.80. The molecule has 1 unspecified atom stereocenters. The number of nitrogens with two attached hydrogens (primary N) is 1. The number of thioether (sulfide) groups is 1. The van der Waals surface area contributed by atoms with E-state index in [1.807, 2.05) is 50.2 Å². The quantitative estimate of drug-likeness (QED) is 0.176. The summed E-state index contributed by atoms with van der Waals surface area (Å²) in [4.78, 5) is 35.0. The highest BCUT2D eigenvalue weighted by molar-refractivity contribution is 8.14. The Morgan fingerprint density at radius 1 is 1.05 bits per heavy atom. The number of anilines is 1. The van der Waals surface area contributed by atoms with E-state index in [2.05, 4.69) is 15.0 Å². The zero-order chi connectivity index (χ0) is 27.8. The standard InChI is InChI=1S/C26H30N5O6PS/c1-18-3-7-20(8-4-18)15-37-38(34,36-13-14-39-25(33)21-9-5-19(2)6-10-21)17-35-12-11-31-16-28-22-23(31)29-26(27)30-24(22)32/h3-10,16H,11-15,17H2,1-2H3,(H3,27,29,30,32). The van der Waals surface area contributed by atoms with Crippen LogP contribution in [0.1, 0.15) is 27.0 Å². The monoisotopic (exact) mass is 571 g/mol. The zero-order valence-electron chi connectivity index (χ0n) is 21.7. The Balaban J connectivity index is 1.32. The summed E-state index contributed by atoms with van der Waals surface area (Å²) in [5, 5.41) is -0.0918. The zero-order valence-corrected chi connectivity index (χ0v) is 23.4. The lowest BCUT2D eigenvalue weighted by Gasteiger charge is -2.19. The predicted octanol–water partition coefficient (Wildman–Crippen LogP) is 4.29. The SMILES string of the molecule is Cc1ccc(COP(=O)(COCCn2cnc3c(=O)[nH]c(N)nc32)OCCSC(=O)c2ccc(C)cc2)cc1. The Hall–Kier alpha value is -3.28. The van der Waals surface area contributed by atoms with Crippen LogP contribution >= 0.6 is 19.4 Å². The molecule has 3 N–H and O–H groups in total. The molecule has 2 heterocycles. The molecule has 1 atom stereocenters. The van der Waals surface area contributed by atoms with E-state index in [-0.39, 0.29) is 49.3 Å². The molecule has 0 saturated carbocycles. The Morgan fingerprint density at radius 3 is 2.46 bits per heavy atom. The van der Waals surface area contributed by atoms with Gasteiger partial charge >= 0.3 is 7.60 Å². The molecule has 0 aliphatic heterocycles. The summed E-state index contributed by atoms with van der Waals surface area (Å²) in [6.07, 6.45) is 1.17. The number of carbonyl (C=O) groups is 1. The van der Waals surface area contributed by atoms with E-state index in [4.69, 9.17) is 19.5 Å². The maximum Gasteiger partial charge on any atom is 0.356 e. The highest BCUT2D eigenvalue weighted by Crippen LogP contribution is 2.49. The van der Waals surface area contributed by atoms with Gasteiger partial charge in [-0.15, -0.1) is 0 Å². The number of carbonyl (C=O) groups excluding carboxylic acids is 1. The third kappa shape index (κ3) is 8.11. The molecule has 0 fully saturated rings. The third-order valence-electron chi connectivity index (χ3n) is 5.66. The molecule has 0 radical (unpaired) electrons. The lowest BCUT2D eigenvalue weighted by Crippen LogP contribution is -2.13. The molecule has 206 valence electrons. The number of aromatic amines is 1. The highest BCUT2D eigenvalue weighted by Gasteiger charge is 2.26. The van der Waals surface area contributed by atoms with Gasteiger partial charge < -0.3 is 24.1 Å². The van der Waals surface area contributed by atoms with Crippen molar-refractivity contribution in [3.8, 4) is 0 Å². The molecule has 0 bridgehead atoms. The molecule has 11 nitrogen and oxygen atoms in total. The number of aromatic nitrogens is 4. The summed E-state index contributed by atoms with van der Waals surface area (Å²) in [7, 11) is -3.67. The number of fused-ring (bicyclic) bond motifs is 1. The molecule has 0 aliphatic carbocycles. The van der Waals surface area contributed by atoms with E-state index in [0.29, 0.717) is 17.0 Å². The fraction of sp³-hybridized carbons (Fsp3) is 0.308. The lowest BCUT2D eigenvalue weighted by atomic mass is 10.2. The Morgan fingerprint density at radius 2 is 1.74 bits per heavy atom. The van der Waals surface area contributed by atoms with Crippen molar-refractivity contribution < 1.29 is 23.1 Å². The van der Waals surface area contributed by atoms with Crippen LogP contribution in [0.2, 0.25) is 0 Å². The molecule has 39 heavy (non-hydrogen) atoms. The first-order valence-corrected chi connectivity index (χ1v) is 14.9. The summed E-state index contributed by atoms with van der Waals surface area (Å²) in [6, 6.07) is 15.0. The molecule has 4 rings (SSSR count). The summed E-state index contributed by atoms with van der Waals surface area (Å²) in [5.41, 5.74) is 9.30. The molecular weight excluding hydrogens is 541 g/mol. The number of hydrogen-bond acceptors (Lipinski definition) is 10. The van der Waals surface area contributed by atoms with Crippen LogP contribution < -0.4 is 11.3 Å². The summed E-state index contributed by atoms with van der Waals surface area (Å²) >= 11 is 1.09. The molecule has 4 aromatic rings. The van der Waals surface area contributed by atoms with Gasteiger partial charge in [-0.25, -0.2) is 4.98 Å². The number of aryl methyl sites for hydroxylation is 2. The predicted molar refractivity (Wildman–Crippen MR) is 151 cm³/mol. The van der Waals surface area contributed by atoms with Gasteiger partial charge in [-0.1, -0.05) is 71.4 Å². The van der Waals surface area contributed by atoms with Crippen molar-refractivity contribution in [2.45, 2.75) is 27.0 Å². The number of benzene rings is 2. The van der Waals surface area contributed by atoms with E-state index in [0.717, 1.165) is 28.5 Å². The fourth-order valence-electron chi connectivity index (χ4n) is 3.53. The second-order valence-corrected chi connectivity index (χ2v) is 11.9. The first-order valence-electron chi connectivity index (χ1n) is 12.2. The molecule has 2 aromatic carbocycles. The normalized spacial score (nSPS) is 13.0. The first-order chi connectivity index (χ1) is 18.7. The van der Waals surface area contributed by atoms with Gasteiger partial charge in [-0.3, -0.25) is 19.1 Å². The van der Waals surface area contributed by atoms with Gasteiger partial charge in [-0.2, -0.15) is 4.98 Å². The van der Waals surface area contributed by atoms with E-state index in [1.54, 1.807) is 16.7 Å². The minimum atomic E-state index is -3.67. The van der Waals surface area contributed by atoms with Crippen molar-refractivity contribution >= 4 is 41.6 Å². The first kappa shape index (κ1) is 28.7. The van der Waals surface area contributed by atoms with Gasteiger partial charge in [-0.05, 0) is 19.4 Å².